The molecule has 126 valence electrons. The first kappa shape index (κ1) is 17.6. The largest absolute Gasteiger partial charge is 0.444 e. The molecule has 0 aliphatic carbocycles. The lowest BCUT2D eigenvalue weighted by molar-refractivity contribution is -0.120. The summed E-state index contributed by atoms with van der Waals surface area (Å²) < 4.78 is 5.37. The molecule has 1 aliphatic heterocycles. The molecule has 0 spiro atoms. The minimum atomic E-state index is -0.582. The third-order valence-electron chi connectivity index (χ3n) is 3.57. The fraction of sp³-hybridized carbons (Fsp3) is 0.529. The molecule has 1 aromatic rings. The van der Waals surface area contributed by atoms with E-state index in [1.807, 2.05) is 33.8 Å². The Morgan fingerprint density at radius 1 is 1.35 bits per heavy atom. The highest BCUT2D eigenvalue weighted by atomic mass is 35.5. The summed E-state index contributed by atoms with van der Waals surface area (Å²) in [5, 5.41) is 3.29. The van der Waals surface area contributed by atoms with E-state index in [2.05, 4.69) is 5.32 Å². The molecule has 1 saturated heterocycles. The summed E-state index contributed by atoms with van der Waals surface area (Å²) in [4.78, 5) is 26.2. The van der Waals surface area contributed by atoms with E-state index in [0.717, 1.165) is 12.0 Å². The monoisotopic (exact) mass is 338 g/mol. The number of ether oxygens (including phenoxy) is 1. The molecule has 1 atom stereocenters. The molecule has 2 rings (SSSR count). The Kier molecular flexibility index (Phi) is 5.19. The van der Waals surface area contributed by atoms with Crippen LogP contribution >= 0.6 is 11.6 Å². The van der Waals surface area contributed by atoms with Crippen molar-refractivity contribution >= 4 is 29.3 Å². The van der Waals surface area contributed by atoms with Crippen molar-refractivity contribution in [1.82, 2.24) is 4.90 Å². The third kappa shape index (κ3) is 4.61. The predicted molar refractivity (Wildman–Crippen MR) is 90.8 cm³/mol. The SMILES string of the molecule is Cc1ccc(NC(=O)[C@H]2CCCN2C(=O)OC(C)(C)C)c(Cl)c1. The number of amides is 2. The fourth-order valence-corrected chi connectivity index (χ4v) is 2.80. The minimum Gasteiger partial charge on any atom is -0.444 e. The zero-order chi connectivity index (χ0) is 17.2. The lowest BCUT2D eigenvalue weighted by atomic mass is 10.2. The Hall–Kier alpha value is -1.75. The highest BCUT2D eigenvalue weighted by molar-refractivity contribution is 6.33. The Balaban J connectivity index is 2.07. The van der Waals surface area contributed by atoms with Crippen LogP contribution in [0.15, 0.2) is 18.2 Å². The van der Waals surface area contributed by atoms with Crippen molar-refractivity contribution in [2.45, 2.75) is 52.2 Å². The second-order valence-corrected chi connectivity index (χ2v) is 7.21. The van der Waals surface area contributed by atoms with Crippen molar-refractivity contribution in [2.75, 3.05) is 11.9 Å². The molecule has 1 N–H and O–H groups in total. The van der Waals surface area contributed by atoms with Gasteiger partial charge in [0.05, 0.1) is 10.7 Å². The quantitative estimate of drug-likeness (QED) is 0.887. The molecular weight excluding hydrogens is 316 g/mol. The number of hydrogen-bond acceptors (Lipinski definition) is 3. The predicted octanol–water partition coefficient (Wildman–Crippen LogP) is 3.99. The van der Waals surface area contributed by atoms with E-state index >= 15 is 0 Å². The van der Waals surface area contributed by atoms with Gasteiger partial charge in [-0.2, -0.15) is 0 Å². The number of nitrogens with zero attached hydrogens (tertiary/aromatic N) is 1. The van der Waals surface area contributed by atoms with E-state index in [1.54, 1.807) is 12.1 Å². The summed E-state index contributed by atoms with van der Waals surface area (Å²) >= 11 is 6.15. The van der Waals surface area contributed by atoms with E-state index in [0.29, 0.717) is 23.7 Å². The number of carbonyl (C=O) groups is 2. The minimum absolute atomic E-state index is 0.237. The molecule has 5 nitrogen and oxygen atoms in total. The van der Waals surface area contributed by atoms with E-state index in [1.165, 1.54) is 4.90 Å². The number of rotatable bonds is 2. The zero-order valence-electron chi connectivity index (χ0n) is 14.0. The number of halogens is 1. The molecule has 0 unspecified atom stereocenters. The van der Waals surface area contributed by atoms with Crippen LogP contribution in [0.3, 0.4) is 0 Å². The lowest BCUT2D eigenvalue weighted by Gasteiger charge is -2.28. The van der Waals surface area contributed by atoms with Crippen LogP contribution in [0, 0.1) is 6.92 Å². The van der Waals surface area contributed by atoms with Crippen LogP contribution in [0.1, 0.15) is 39.2 Å². The first-order valence-corrected chi connectivity index (χ1v) is 8.12. The van der Waals surface area contributed by atoms with Crippen LogP contribution in [0.2, 0.25) is 5.02 Å². The van der Waals surface area contributed by atoms with Crippen LogP contribution < -0.4 is 5.32 Å². The molecule has 2 amide bonds. The third-order valence-corrected chi connectivity index (χ3v) is 3.88. The molecule has 0 saturated carbocycles. The molecule has 1 fully saturated rings. The maximum absolute atomic E-state index is 12.5. The van der Waals surface area contributed by atoms with Gasteiger partial charge in [-0.15, -0.1) is 0 Å². The van der Waals surface area contributed by atoms with Crippen molar-refractivity contribution < 1.29 is 14.3 Å². The van der Waals surface area contributed by atoms with Gasteiger partial charge in [0.2, 0.25) is 5.91 Å². The second kappa shape index (κ2) is 6.79. The Morgan fingerprint density at radius 2 is 2.04 bits per heavy atom. The summed E-state index contributed by atoms with van der Waals surface area (Å²) in [5.41, 5.74) is 0.989. The molecule has 0 radical (unpaired) electrons. The van der Waals surface area contributed by atoms with Gasteiger partial charge < -0.3 is 10.1 Å². The van der Waals surface area contributed by atoms with Crippen LogP contribution in [0.4, 0.5) is 10.5 Å². The van der Waals surface area contributed by atoms with Crippen molar-refractivity contribution in [3.63, 3.8) is 0 Å². The van der Waals surface area contributed by atoms with Crippen molar-refractivity contribution in [3.8, 4) is 0 Å². The van der Waals surface area contributed by atoms with Crippen LogP contribution in [-0.4, -0.2) is 35.1 Å². The van der Waals surface area contributed by atoms with E-state index in [-0.39, 0.29) is 5.91 Å². The summed E-state index contributed by atoms with van der Waals surface area (Å²) in [5.74, 6) is -0.237. The number of hydrogen-bond donors (Lipinski definition) is 1. The van der Waals surface area contributed by atoms with Crippen LogP contribution in [0.25, 0.3) is 0 Å². The number of nitrogens with one attached hydrogen (secondary N) is 1. The lowest BCUT2D eigenvalue weighted by Crippen LogP contribution is -2.45. The fourth-order valence-electron chi connectivity index (χ4n) is 2.52. The molecule has 23 heavy (non-hydrogen) atoms. The van der Waals surface area contributed by atoms with E-state index in [4.69, 9.17) is 16.3 Å². The van der Waals surface area contributed by atoms with Gasteiger partial charge in [0.15, 0.2) is 0 Å². The summed E-state index contributed by atoms with van der Waals surface area (Å²) in [6, 6.07) is 4.91. The molecule has 0 bridgehead atoms. The maximum atomic E-state index is 12.5. The smallest absolute Gasteiger partial charge is 0.410 e. The molecular formula is C17H23ClN2O3. The van der Waals surface area contributed by atoms with Gasteiger partial charge in [0.1, 0.15) is 11.6 Å². The average Bonchev–Trinajstić information content (AvgIpc) is 2.89. The first-order chi connectivity index (χ1) is 10.7. The van der Waals surface area contributed by atoms with Gasteiger partial charge in [-0.05, 0) is 58.2 Å². The van der Waals surface area contributed by atoms with Gasteiger partial charge in [0.25, 0.3) is 0 Å². The maximum Gasteiger partial charge on any atom is 0.410 e. The molecule has 1 aliphatic rings. The van der Waals surface area contributed by atoms with E-state index < -0.39 is 17.7 Å². The van der Waals surface area contributed by atoms with Gasteiger partial charge in [-0.1, -0.05) is 17.7 Å². The highest BCUT2D eigenvalue weighted by Crippen LogP contribution is 2.26. The number of likely N-dealkylation sites (tertiary alicyclic amines) is 1. The zero-order valence-corrected chi connectivity index (χ0v) is 14.7. The molecule has 1 aromatic carbocycles. The Morgan fingerprint density at radius 3 is 2.65 bits per heavy atom. The van der Waals surface area contributed by atoms with Crippen LogP contribution in [0.5, 0.6) is 0 Å². The summed E-state index contributed by atoms with van der Waals surface area (Å²) in [7, 11) is 0. The van der Waals surface area contributed by atoms with Crippen molar-refractivity contribution in [1.29, 1.82) is 0 Å². The van der Waals surface area contributed by atoms with E-state index in [9.17, 15) is 9.59 Å². The standard InChI is InChI=1S/C17H23ClN2O3/c1-11-7-8-13(12(18)10-11)19-15(21)14-6-5-9-20(14)16(22)23-17(2,3)4/h7-8,10,14H,5-6,9H2,1-4H3,(H,19,21)/t14-/m1/s1. The highest BCUT2D eigenvalue weighted by Gasteiger charge is 2.36. The van der Waals surface area contributed by atoms with Gasteiger partial charge >= 0.3 is 6.09 Å². The number of benzene rings is 1. The topological polar surface area (TPSA) is 58.6 Å². The van der Waals surface area contributed by atoms with Crippen molar-refractivity contribution in [2.24, 2.45) is 0 Å². The normalized spacial score (nSPS) is 18.0. The van der Waals surface area contributed by atoms with Gasteiger partial charge in [-0.25, -0.2) is 4.79 Å². The Labute approximate surface area is 141 Å². The Bertz CT molecular complexity index is 610. The average molecular weight is 339 g/mol. The number of carbonyl (C=O) groups excluding carboxylic acids is 2. The summed E-state index contributed by atoms with van der Waals surface area (Å²) in [6.07, 6.45) is 0.943. The van der Waals surface area contributed by atoms with Gasteiger partial charge in [-0.3, -0.25) is 9.69 Å². The molecule has 1 heterocycles. The van der Waals surface area contributed by atoms with Crippen molar-refractivity contribution in [3.05, 3.63) is 28.8 Å². The molecule has 6 heteroatoms. The van der Waals surface area contributed by atoms with Crippen LogP contribution in [-0.2, 0) is 9.53 Å². The van der Waals surface area contributed by atoms with Gasteiger partial charge in [0, 0.05) is 6.54 Å². The molecule has 0 aromatic heterocycles. The first-order valence-electron chi connectivity index (χ1n) is 7.74. The number of anilines is 1. The second-order valence-electron chi connectivity index (χ2n) is 6.80. The number of aryl methyl sites for hydroxylation is 1. The summed E-state index contributed by atoms with van der Waals surface area (Å²) in [6.45, 7) is 7.87.